The Morgan fingerprint density at radius 1 is 1.38 bits per heavy atom. The number of ether oxygens (including phenoxy) is 2. The summed E-state index contributed by atoms with van der Waals surface area (Å²) >= 11 is 5.96. The summed E-state index contributed by atoms with van der Waals surface area (Å²) in [7, 11) is 0. The van der Waals surface area contributed by atoms with E-state index in [0.29, 0.717) is 13.0 Å². The number of benzene rings is 1. The van der Waals surface area contributed by atoms with Gasteiger partial charge in [-0.15, -0.1) is 0 Å². The molecule has 4 nitrogen and oxygen atoms in total. The first-order valence-electron chi connectivity index (χ1n) is 7.06. The second-order valence-corrected chi connectivity index (χ2v) is 6.50. The van der Waals surface area contributed by atoms with E-state index < -0.39 is 11.7 Å². The number of carbonyl (C=O) groups excluding carboxylic acids is 1. The van der Waals surface area contributed by atoms with E-state index in [4.69, 9.17) is 21.1 Å². The van der Waals surface area contributed by atoms with Crippen molar-refractivity contribution in [1.82, 2.24) is 5.32 Å². The highest BCUT2D eigenvalue weighted by Crippen LogP contribution is 2.21. The molecule has 0 fully saturated rings. The summed E-state index contributed by atoms with van der Waals surface area (Å²) in [6, 6.07) is 5.53. The first-order chi connectivity index (χ1) is 9.67. The molecule has 21 heavy (non-hydrogen) atoms. The molecule has 1 atom stereocenters. The van der Waals surface area contributed by atoms with E-state index in [9.17, 15) is 4.79 Å². The Morgan fingerprint density at radius 3 is 2.62 bits per heavy atom. The van der Waals surface area contributed by atoms with E-state index in [0.717, 1.165) is 16.3 Å². The predicted octanol–water partition coefficient (Wildman–Crippen LogP) is 4.33. The van der Waals surface area contributed by atoms with Gasteiger partial charge in [-0.2, -0.15) is 0 Å². The predicted molar refractivity (Wildman–Crippen MR) is 85.1 cm³/mol. The van der Waals surface area contributed by atoms with Gasteiger partial charge in [-0.25, -0.2) is 4.79 Å². The zero-order valence-corrected chi connectivity index (χ0v) is 14.1. The number of aryl methyl sites for hydroxylation is 1. The summed E-state index contributed by atoms with van der Waals surface area (Å²) in [5.41, 5.74) is 0.496. The fourth-order valence-corrected chi connectivity index (χ4v) is 1.76. The number of carbonyl (C=O) groups is 1. The topological polar surface area (TPSA) is 47.6 Å². The van der Waals surface area contributed by atoms with Crippen LogP contribution in [-0.4, -0.2) is 24.3 Å². The molecule has 0 aromatic heterocycles. The van der Waals surface area contributed by atoms with Crippen molar-refractivity contribution in [3.05, 3.63) is 28.8 Å². The number of amides is 1. The van der Waals surface area contributed by atoms with Gasteiger partial charge in [0, 0.05) is 17.5 Å². The molecule has 0 radical (unpaired) electrons. The van der Waals surface area contributed by atoms with E-state index >= 15 is 0 Å². The highest BCUT2D eigenvalue weighted by Gasteiger charge is 2.17. The molecule has 0 bridgehead atoms. The van der Waals surface area contributed by atoms with Crippen molar-refractivity contribution in [3.8, 4) is 5.75 Å². The largest absolute Gasteiger partial charge is 0.494 e. The maximum absolute atomic E-state index is 11.6. The Bertz CT molecular complexity index is 483. The molecule has 1 aromatic rings. The summed E-state index contributed by atoms with van der Waals surface area (Å²) in [5, 5.41) is 3.51. The monoisotopic (exact) mass is 313 g/mol. The summed E-state index contributed by atoms with van der Waals surface area (Å²) in [4.78, 5) is 11.6. The van der Waals surface area contributed by atoms with Gasteiger partial charge >= 0.3 is 6.09 Å². The fourth-order valence-electron chi connectivity index (χ4n) is 1.64. The minimum atomic E-state index is -0.485. The molecule has 118 valence electrons. The van der Waals surface area contributed by atoms with Crippen LogP contribution in [0.2, 0.25) is 5.02 Å². The van der Waals surface area contributed by atoms with Crippen LogP contribution < -0.4 is 10.1 Å². The Morgan fingerprint density at radius 2 is 2.05 bits per heavy atom. The zero-order valence-electron chi connectivity index (χ0n) is 13.3. The Labute approximate surface area is 131 Å². The highest BCUT2D eigenvalue weighted by molar-refractivity contribution is 6.31. The maximum Gasteiger partial charge on any atom is 0.407 e. The molecule has 0 spiro atoms. The van der Waals surface area contributed by atoms with Crippen LogP contribution in [0, 0.1) is 6.92 Å². The first kappa shape index (κ1) is 17.6. The molecule has 1 aromatic carbocycles. The van der Waals surface area contributed by atoms with Gasteiger partial charge in [0.25, 0.3) is 0 Å². The van der Waals surface area contributed by atoms with Gasteiger partial charge in [0.1, 0.15) is 11.4 Å². The SMILES string of the molecule is Cc1cc(OCCC(C)NC(=O)OC(C)(C)C)ccc1Cl. The van der Waals surface area contributed by atoms with Crippen LogP contribution in [0.15, 0.2) is 18.2 Å². The molecule has 0 aliphatic heterocycles. The molecular weight excluding hydrogens is 290 g/mol. The quantitative estimate of drug-likeness (QED) is 0.880. The standard InChI is InChI=1S/C16H24ClNO3/c1-11-10-13(6-7-14(11)17)20-9-8-12(2)18-15(19)21-16(3,4)5/h6-7,10,12H,8-9H2,1-5H3,(H,18,19). The second-order valence-electron chi connectivity index (χ2n) is 6.10. The smallest absolute Gasteiger partial charge is 0.407 e. The lowest BCUT2D eigenvalue weighted by Gasteiger charge is -2.22. The summed E-state index contributed by atoms with van der Waals surface area (Å²) in [6.45, 7) is 9.87. The molecule has 1 rings (SSSR count). The van der Waals surface area contributed by atoms with Gasteiger partial charge in [-0.05, 0) is 58.4 Å². The Hall–Kier alpha value is -1.42. The van der Waals surface area contributed by atoms with Crippen molar-refractivity contribution < 1.29 is 14.3 Å². The average Bonchev–Trinajstić information content (AvgIpc) is 2.31. The van der Waals surface area contributed by atoms with E-state index in [1.54, 1.807) is 0 Å². The van der Waals surface area contributed by atoms with Crippen LogP contribution in [-0.2, 0) is 4.74 Å². The van der Waals surface area contributed by atoms with E-state index in [1.165, 1.54) is 0 Å². The van der Waals surface area contributed by atoms with Crippen molar-refractivity contribution in [2.45, 2.75) is 52.7 Å². The number of nitrogens with one attached hydrogen (secondary N) is 1. The number of rotatable bonds is 5. The third kappa shape index (κ3) is 7.23. The van der Waals surface area contributed by atoms with E-state index in [1.807, 2.05) is 52.8 Å². The zero-order chi connectivity index (χ0) is 16.0. The number of alkyl carbamates (subject to hydrolysis) is 1. The van der Waals surface area contributed by atoms with Gasteiger partial charge in [-0.1, -0.05) is 11.6 Å². The molecule has 0 aliphatic carbocycles. The fraction of sp³-hybridized carbons (Fsp3) is 0.562. The van der Waals surface area contributed by atoms with Crippen molar-refractivity contribution >= 4 is 17.7 Å². The van der Waals surface area contributed by atoms with Crippen molar-refractivity contribution in [2.75, 3.05) is 6.61 Å². The van der Waals surface area contributed by atoms with Gasteiger partial charge in [0.05, 0.1) is 6.61 Å². The van der Waals surface area contributed by atoms with Gasteiger partial charge in [0.15, 0.2) is 0 Å². The van der Waals surface area contributed by atoms with Crippen LogP contribution >= 0.6 is 11.6 Å². The summed E-state index contributed by atoms with van der Waals surface area (Å²) < 4.78 is 10.8. The molecule has 0 saturated heterocycles. The normalized spacial score (nSPS) is 12.7. The lowest BCUT2D eigenvalue weighted by Crippen LogP contribution is -2.38. The molecular formula is C16H24ClNO3. The van der Waals surface area contributed by atoms with Crippen molar-refractivity contribution in [2.24, 2.45) is 0 Å². The lowest BCUT2D eigenvalue weighted by molar-refractivity contribution is 0.0503. The minimum Gasteiger partial charge on any atom is -0.494 e. The lowest BCUT2D eigenvalue weighted by atomic mass is 10.2. The van der Waals surface area contributed by atoms with Crippen LogP contribution in [0.4, 0.5) is 4.79 Å². The maximum atomic E-state index is 11.6. The summed E-state index contributed by atoms with van der Waals surface area (Å²) in [5.74, 6) is 0.779. The Balaban J connectivity index is 2.31. The van der Waals surface area contributed by atoms with Crippen LogP contribution in [0.25, 0.3) is 0 Å². The van der Waals surface area contributed by atoms with Crippen LogP contribution in [0.1, 0.15) is 39.7 Å². The van der Waals surface area contributed by atoms with Crippen molar-refractivity contribution in [1.29, 1.82) is 0 Å². The van der Waals surface area contributed by atoms with Gasteiger partial charge < -0.3 is 14.8 Å². The molecule has 5 heteroatoms. The van der Waals surface area contributed by atoms with Crippen molar-refractivity contribution in [3.63, 3.8) is 0 Å². The number of halogens is 1. The minimum absolute atomic E-state index is 0.0201. The number of hydrogen-bond donors (Lipinski definition) is 1. The van der Waals surface area contributed by atoms with E-state index in [-0.39, 0.29) is 6.04 Å². The number of hydrogen-bond acceptors (Lipinski definition) is 3. The first-order valence-corrected chi connectivity index (χ1v) is 7.43. The molecule has 1 N–H and O–H groups in total. The van der Waals surface area contributed by atoms with Gasteiger partial charge in [0.2, 0.25) is 0 Å². The van der Waals surface area contributed by atoms with Crippen LogP contribution in [0.3, 0.4) is 0 Å². The third-order valence-corrected chi connectivity index (χ3v) is 3.14. The van der Waals surface area contributed by atoms with E-state index in [2.05, 4.69) is 5.32 Å². The molecule has 0 aliphatic rings. The highest BCUT2D eigenvalue weighted by atomic mass is 35.5. The average molecular weight is 314 g/mol. The molecule has 1 unspecified atom stereocenters. The molecule has 0 heterocycles. The molecule has 1 amide bonds. The molecule has 0 saturated carbocycles. The van der Waals surface area contributed by atoms with Gasteiger partial charge in [-0.3, -0.25) is 0 Å². The third-order valence-electron chi connectivity index (χ3n) is 2.71. The van der Waals surface area contributed by atoms with Crippen LogP contribution in [0.5, 0.6) is 5.75 Å². The second kappa shape index (κ2) is 7.55. The Kier molecular flexibility index (Phi) is 6.34. The summed E-state index contributed by atoms with van der Waals surface area (Å²) in [6.07, 6.45) is 0.290.